The van der Waals surface area contributed by atoms with E-state index in [1.165, 1.54) is 7.11 Å². The highest BCUT2D eigenvalue weighted by Gasteiger charge is 2.29. The van der Waals surface area contributed by atoms with Gasteiger partial charge in [-0.2, -0.15) is 0 Å². The number of ether oxygens (including phenoxy) is 2. The fourth-order valence-corrected chi connectivity index (χ4v) is 2.92. The first-order valence-corrected chi connectivity index (χ1v) is 8.05. The first-order chi connectivity index (χ1) is 11.2. The third-order valence-corrected chi connectivity index (χ3v) is 4.34. The van der Waals surface area contributed by atoms with Gasteiger partial charge in [0.2, 0.25) is 11.8 Å². The van der Waals surface area contributed by atoms with Crippen LogP contribution in [-0.4, -0.2) is 47.3 Å². The molecular weight excluding hydrogens is 362 g/mol. The number of nitrogens with zero attached hydrogens (tertiary/aromatic N) is 3. The van der Waals surface area contributed by atoms with E-state index in [1.54, 1.807) is 17.0 Å². The summed E-state index contributed by atoms with van der Waals surface area (Å²) in [6.07, 6.45) is 0.688. The van der Waals surface area contributed by atoms with Gasteiger partial charge in [-0.1, -0.05) is 12.1 Å². The van der Waals surface area contributed by atoms with Gasteiger partial charge in [-0.05, 0) is 28.1 Å². The summed E-state index contributed by atoms with van der Waals surface area (Å²) in [4.78, 5) is 14.3. The van der Waals surface area contributed by atoms with Crippen LogP contribution in [0.15, 0.2) is 40.9 Å². The van der Waals surface area contributed by atoms with E-state index >= 15 is 0 Å². The highest BCUT2D eigenvalue weighted by atomic mass is 79.9. The molecule has 0 bridgehead atoms. The van der Waals surface area contributed by atoms with E-state index in [1.807, 2.05) is 24.3 Å². The SMILES string of the molecule is COc1ccc(OC2CCN(C(=O)c3ccccc3Br)C2)nn1. The van der Waals surface area contributed by atoms with Crippen LogP contribution in [0.2, 0.25) is 0 Å². The van der Waals surface area contributed by atoms with Crippen LogP contribution < -0.4 is 9.47 Å². The average Bonchev–Trinajstić information content (AvgIpc) is 3.04. The third-order valence-electron chi connectivity index (χ3n) is 3.65. The van der Waals surface area contributed by atoms with Crippen molar-refractivity contribution in [2.75, 3.05) is 20.2 Å². The minimum absolute atomic E-state index is 0.00406. The zero-order chi connectivity index (χ0) is 16.2. The van der Waals surface area contributed by atoms with Gasteiger partial charge in [0.05, 0.1) is 19.2 Å². The number of hydrogen-bond donors (Lipinski definition) is 0. The standard InChI is InChI=1S/C16H16BrN3O3/c1-22-14-6-7-15(19-18-14)23-11-8-9-20(10-11)16(21)12-4-2-3-5-13(12)17/h2-7,11H,8-10H2,1H3. The number of amides is 1. The van der Waals surface area contributed by atoms with Crippen molar-refractivity contribution in [2.24, 2.45) is 0 Å². The number of likely N-dealkylation sites (tertiary alicyclic amines) is 1. The Bertz CT molecular complexity index is 693. The molecule has 0 radical (unpaired) electrons. The molecule has 0 N–H and O–H groups in total. The normalized spacial score (nSPS) is 17.1. The summed E-state index contributed by atoms with van der Waals surface area (Å²) in [7, 11) is 1.53. The monoisotopic (exact) mass is 377 g/mol. The quantitative estimate of drug-likeness (QED) is 0.818. The summed E-state index contributed by atoms with van der Waals surface area (Å²) in [6, 6.07) is 10.8. The number of methoxy groups -OCH3 is 1. The predicted molar refractivity (Wildman–Crippen MR) is 87.7 cm³/mol. The fraction of sp³-hybridized carbons (Fsp3) is 0.312. The summed E-state index contributed by atoms with van der Waals surface area (Å²) < 4.78 is 11.5. The Kier molecular flexibility index (Phi) is 4.76. The van der Waals surface area contributed by atoms with Crippen LogP contribution in [0.25, 0.3) is 0 Å². The van der Waals surface area contributed by atoms with E-state index in [4.69, 9.17) is 9.47 Å². The van der Waals surface area contributed by atoms with Crippen molar-refractivity contribution in [3.8, 4) is 11.8 Å². The molecule has 1 aromatic heterocycles. The number of carbonyl (C=O) groups is 1. The van der Waals surface area contributed by atoms with Crippen LogP contribution >= 0.6 is 15.9 Å². The summed E-state index contributed by atoms with van der Waals surface area (Å²) in [5.41, 5.74) is 0.664. The molecule has 6 nitrogen and oxygen atoms in total. The molecule has 23 heavy (non-hydrogen) atoms. The van der Waals surface area contributed by atoms with Crippen molar-refractivity contribution in [3.63, 3.8) is 0 Å². The van der Waals surface area contributed by atoms with Crippen molar-refractivity contribution in [1.82, 2.24) is 15.1 Å². The molecule has 3 rings (SSSR count). The molecule has 0 aliphatic carbocycles. The number of aromatic nitrogens is 2. The zero-order valence-corrected chi connectivity index (χ0v) is 14.2. The number of hydrogen-bond acceptors (Lipinski definition) is 5. The Labute approximate surface area is 142 Å². The summed E-state index contributed by atoms with van der Waals surface area (Å²) in [6.45, 7) is 1.20. The van der Waals surface area contributed by atoms with E-state index in [9.17, 15) is 4.79 Å². The number of halogens is 1. The van der Waals surface area contributed by atoms with Crippen molar-refractivity contribution in [2.45, 2.75) is 12.5 Å². The minimum Gasteiger partial charge on any atom is -0.480 e. The molecule has 1 saturated heterocycles. The van der Waals surface area contributed by atoms with Gasteiger partial charge in [-0.3, -0.25) is 4.79 Å². The Morgan fingerprint density at radius 1 is 1.22 bits per heavy atom. The molecule has 0 spiro atoms. The molecule has 7 heteroatoms. The van der Waals surface area contributed by atoms with E-state index in [0.717, 1.165) is 10.9 Å². The number of rotatable bonds is 4. The van der Waals surface area contributed by atoms with Crippen LogP contribution in [0.1, 0.15) is 16.8 Å². The largest absolute Gasteiger partial charge is 0.480 e. The van der Waals surface area contributed by atoms with Gasteiger partial charge in [0.15, 0.2) is 0 Å². The summed E-state index contributed by atoms with van der Waals surface area (Å²) in [5.74, 6) is 0.880. The maximum absolute atomic E-state index is 12.5. The maximum Gasteiger partial charge on any atom is 0.255 e. The third kappa shape index (κ3) is 3.61. The van der Waals surface area contributed by atoms with Gasteiger partial charge in [-0.15, -0.1) is 10.2 Å². The van der Waals surface area contributed by atoms with Crippen molar-refractivity contribution < 1.29 is 14.3 Å². The second-order valence-corrected chi connectivity index (χ2v) is 6.03. The minimum atomic E-state index is -0.0795. The van der Waals surface area contributed by atoms with Gasteiger partial charge < -0.3 is 14.4 Å². The van der Waals surface area contributed by atoms with Crippen LogP contribution in [0.5, 0.6) is 11.8 Å². The molecule has 1 unspecified atom stereocenters. The van der Waals surface area contributed by atoms with Gasteiger partial charge in [-0.25, -0.2) is 0 Å². The van der Waals surface area contributed by atoms with Gasteiger partial charge in [0.25, 0.3) is 5.91 Å². The molecular formula is C16H16BrN3O3. The molecule has 1 atom stereocenters. The van der Waals surface area contributed by atoms with Crippen LogP contribution in [0, 0.1) is 0 Å². The summed E-state index contributed by atoms with van der Waals surface area (Å²) in [5, 5.41) is 7.82. The van der Waals surface area contributed by atoms with E-state index in [-0.39, 0.29) is 12.0 Å². The predicted octanol–water partition coefficient (Wildman–Crippen LogP) is 2.54. The molecule has 120 valence electrons. The lowest BCUT2D eigenvalue weighted by atomic mass is 10.2. The molecule has 1 aromatic carbocycles. The zero-order valence-electron chi connectivity index (χ0n) is 12.6. The molecule has 2 aromatic rings. The van der Waals surface area contributed by atoms with Gasteiger partial charge in [0.1, 0.15) is 6.10 Å². The Morgan fingerprint density at radius 3 is 2.65 bits per heavy atom. The van der Waals surface area contributed by atoms with Crippen LogP contribution in [0.4, 0.5) is 0 Å². The Morgan fingerprint density at radius 2 is 1.96 bits per heavy atom. The first kappa shape index (κ1) is 15.7. The maximum atomic E-state index is 12.5. The van der Waals surface area contributed by atoms with Crippen LogP contribution in [-0.2, 0) is 0 Å². The van der Waals surface area contributed by atoms with E-state index in [0.29, 0.717) is 30.4 Å². The van der Waals surface area contributed by atoms with Gasteiger partial charge >= 0.3 is 0 Å². The molecule has 1 aliphatic rings. The fourth-order valence-electron chi connectivity index (χ4n) is 2.46. The van der Waals surface area contributed by atoms with E-state index in [2.05, 4.69) is 26.1 Å². The first-order valence-electron chi connectivity index (χ1n) is 7.25. The van der Waals surface area contributed by atoms with E-state index < -0.39 is 0 Å². The lowest BCUT2D eigenvalue weighted by molar-refractivity contribution is 0.0770. The summed E-state index contributed by atoms with van der Waals surface area (Å²) >= 11 is 3.42. The lowest BCUT2D eigenvalue weighted by Crippen LogP contribution is -2.31. The molecule has 2 heterocycles. The topological polar surface area (TPSA) is 64.6 Å². The Balaban J connectivity index is 1.62. The second-order valence-electron chi connectivity index (χ2n) is 5.17. The molecule has 1 fully saturated rings. The second kappa shape index (κ2) is 6.95. The van der Waals surface area contributed by atoms with Crippen molar-refractivity contribution in [3.05, 3.63) is 46.4 Å². The Hall–Kier alpha value is -2.15. The van der Waals surface area contributed by atoms with Gasteiger partial charge in [0, 0.05) is 29.6 Å². The molecule has 1 aliphatic heterocycles. The molecule has 0 saturated carbocycles. The van der Waals surface area contributed by atoms with Crippen LogP contribution in [0.3, 0.4) is 0 Å². The average molecular weight is 378 g/mol. The van der Waals surface area contributed by atoms with Crippen molar-refractivity contribution in [1.29, 1.82) is 0 Å². The smallest absolute Gasteiger partial charge is 0.255 e. The highest BCUT2D eigenvalue weighted by molar-refractivity contribution is 9.10. The highest BCUT2D eigenvalue weighted by Crippen LogP contribution is 2.22. The lowest BCUT2D eigenvalue weighted by Gasteiger charge is -2.17. The number of benzene rings is 1. The number of carbonyl (C=O) groups excluding carboxylic acids is 1. The van der Waals surface area contributed by atoms with Crippen molar-refractivity contribution >= 4 is 21.8 Å². The molecule has 1 amide bonds.